The van der Waals surface area contributed by atoms with Crippen molar-refractivity contribution >= 4 is 11.7 Å². The number of nitrogens with zero attached hydrogens (tertiary/aromatic N) is 2. The fourth-order valence-corrected chi connectivity index (χ4v) is 1.31. The predicted molar refractivity (Wildman–Crippen MR) is 65.3 cm³/mol. The lowest BCUT2D eigenvalue weighted by Gasteiger charge is -2.21. The molecule has 0 unspecified atom stereocenters. The Morgan fingerprint density at radius 1 is 1.61 bits per heavy atom. The van der Waals surface area contributed by atoms with Crippen LogP contribution in [0.1, 0.15) is 40.2 Å². The van der Waals surface area contributed by atoms with Crippen LogP contribution in [0.2, 0.25) is 0 Å². The van der Waals surface area contributed by atoms with Crippen LogP contribution in [0.15, 0.2) is 12.1 Å². The monoisotopic (exact) mass is 258 g/mol. The van der Waals surface area contributed by atoms with Crippen LogP contribution in [0.4, 0.5) is 5.69 Å². The average Bonchev–Trinajstić information content (AvgIpc) is 2.35. The first-order valence-electron chi connectivity index (χ1n) is 8.10. The van der Waals surface area contributed by atoms with E-state index in [-0.39, 0.29) is 12.3 Å². The maximum absolute atomic E-state index is 12.4. The van der Waals surface area contributed by atoms with E-state index in [4.69, 9.17) is 8.22 Å². The molecule has 0 spiro atoms. The van der Waals surface area contributed by atoms with Crippen molar-refractivity contribution in [1.82, 2.24) is 4.98 Å². The first-order valence-corrected chi connectivity index (χ1v) is 5.10. The molecule has 0 aliphatic carbocycles. The van der Waals surface area contributed by atoms with Crippen molar-refractivity contribution in [3.05, 3.63) is 33.6 Å². The first kappa shape index (κ1) is 7.45. The Labute approximate surface area is 114 Å². The number of pyridine rings is 1. The third-order valence-electron chi connectivity index (χ3n) is 2.15. The lowest BCUT2D eigenvalue weighted by molar-refractivity contribution is -0.386. The van der Waals surface area contributed by atoms with Crippen molar-refractivity contribution in [2.24, 2.45) is 0 Å². The zero-order chi connectivity index (χ0) is 18.9. The van der Waals surface area contributed by atoms with Gasteiger partial charge in [0, 0.05) is 20.0 Å². The van der Waals surface area contributed by atoms with Gasteiger partial charge in [-0.15, -0.1) is 0 Å². The Morgan fingerprint density at radius 3 is 2.78 bits per heavy atom. The second-order valence-electron chi connectivity index (χ2n) is 3.55. The Balaban J connectivity index is 4.01. The number of esters is 1. The van der Waals surface area contributed by atoms with Gasteiger partial charge in [0.05, 0.1) is 11.5 Å². The van der Waals surface area contributed by atoms with Gasteiger partial charge < -0.3 is 4.74 Å². The summed E-state index contributed by atoms with van der Waals surface area (Å²) in [5.41, 5.74) is -4.98. The van der Waals surface area contributed by atoms with Gasteiger partial charge in [-0.05, 0) is 33.6 Å². The zero-order valence-electron chi connectivity index (χ0n) is 15.9. The molecule has 1 heterocycles. The molecular formula is C12H16N2O4. The van der Waals surface area contributed by atoms with Gasteiger partial charge in [0.25, 0.3) is 5.69 Å². The maximum atomic E-state index is 12.4. The summed E-state index contributed by atoms with van der Waals surface area (Å²) in [6.45, 7) is -4.47. The average molecular weight is 258 g/mol. The normalized spacial score (nSPS) is 17.4. The number of carbonyl (C=O) groups excluding carboxylic acids is 1. The number of rotatable bonds is 4. The second kappa shape index (κ2) is 5.12. The van der Waals surface area contributed by atoms with E-state index in [0.717, 1.165) is 6.07 Å². The largest absolute Gasteiger partial charge is 0.465 e. The van der Waals surface area contributed by atoms with E-state index in [0.29, 0.717) is 0 Å². The molecule has 1 rings (SSSR count). The predicted octanol–water partition coefficient (Wildman–Crippen LogP) is 2.14. The van der Waals surface area contributed by atoms with Gasteiger partial charge >= 0.3 is 5.97 Å². The number of nitro groups is 1. The third-order valence-corrected chi connectivity index (χ3v) is 2.15. The fraction of sp³-hybridized carbons (Fsp3) is 0.500. The topological polar surface area (TPSA) is 82.3 Å². The molecule has 0 N–H and O–H groups in total. The minimum Gasteiger partial charge on any atom is -0.465 e. The summed E-state index contributed by atoms with van der Waals surface area (Å²) < 4.78 is 50.6. The molecule has 6 heteroatoms. The second-order valence-corrected chi connectivity index (χ2v) is 3.55. The molecule has 1 aromatic rings. The Morgan fingerprint density at radius 2 is 2.28 bits per heavy atom. The molecule has 0 fully saturated rings. The SMILES string of the molecule is [2H]C([2H])([2H])C(C(=O)OCC)(c1nc(C)ccc1[N+](=O)[O-])C([2H])([2H])[2H]. The molecule has 0 atom stereocenters. The van der Waals surface area contributed by atoms with Crippen LogP contribution in [-0.4, -0.2) is 22.5 Å². The number of carbonyl (C=O) groups is 1. The highest BCUT2D eigenvalue weighted by molar-refractivity contribution is 5.83. The molecule has 98 valence electrons. The van der Waals surface area contributed by atoms with Gasteiger partial charge in [-0.1, -0.05) is 0 Å². The molecular weight excluding hydrogens is 236 g/mol. The number of ether oxygens (including phenoxy) is 1. The lowest BCUT2D eigenvalue weighted by Crippen LogP contribution is -2.33. The molecule has 0 bridgehead atoms. The molecule has 0 saturated heterocycles. The number of hydrogen-bond acceptors (Lipinski definition) is 5. The summed E-state index contributed by atoms with van der Waals surface area (Å²) in [5, 5.41) is 11.3. The van der Waals surface area contributed by atoms with Gasteiger partial charge in [-0.25, -0.2) is 4.98 Å². The van der Waals surface area contributed by atoms with Crippen molar-refractivity contribution in [3.63, 3.8) is 0 Å². The quantitative estimate of drug-likeness (QED) is 0.469. The van der Waals surface area contributed by atoms with Gasteiger partial charge in [-0.2, -0.15) is 0 Å². The smallest absolute Gasteiger partial charge is 0.317 e. The molecule has 0 amide bonds. The molecule has 0 aliphatic heterocycles. The van der Waals surface area contributed by atoms with E-state index in [9.17, 15) is 14.9 Å². The highest BCUT2D eigenvalue weighted by Crippen LogP contribution is 2.31. The maximum Gasteiger partial charge on any atom is 0.317 e. The van der Waals surface area contributed by atoms with Crippen molar-refractivity contribution in [2.45, 2.75) is 33.0 Å². The minimum atomic E-state index is -3.46. The minimum absolute atomic E-state index is 0.123. The molecule has 0 aliphatic rings. The van der Waals surface area contributed by atoms with Gasteiger partial charge in [0.1, 0.15) is 11.1 Å². The van der Waals surface area contributed by atoms with E-state index >= 15 is 0 Å². The van der Waals surface area contributed by atoms with Crippen LogP contribution in [0.25, 0.3) is 0 Å². The van der Waals surface area contributed by atoms with E-state index < -0.39 is 41.4 Å². The third kappa shape index (κ3) is 2.64. The van der Waals surface area contributed by atoms with Crippen molar-refractivity contribution < 1.29 is 22.7 Å². The first-order chi connectivity index (χ1) is 10.8. The number of aryl methyl sites for hydroxylation is 1. The molecule has 0 saturated carbocycles. The molecule has 0 aromatic carbocycles. The van der Waals surface area contributed by atoms with E-state index in [1.54, 1.807) is 0 Å². The van der Waals surface area contributed by atoms with E-state index in [2.05, 4.69) is 9.72 Å². The number of hydrogen-bond donors (Lipinski definition) is 0. The highest BCUT2D eigenvalue weighted by Gasteiger charge is 2.38. The van der Waals surface area contributed by atoms with Crippen LogP contribution >= 0.6 is 0 Å². The van der Waals surface area contributed by atoms with Crippen molar-refractivity contribution in [1.29, 1.82) is 0 Å². The molecule has 1 aromatic heterocycles. The summed E-state index contributed by atoms with van der Waals surface area (Å²) in [5.74, 6) is -1.61. The zero-order valence-corrected chi connectivity index (χ0v) is 9.89. The number of aromatic nitrogens is 1. The lowest BCUT2D eigenvalue weighted by atomic mass is 9.87. The van der Waals surface area contributed by atoms with Crippen LogP contribution < -0.4 is 0 Å². The van der Waals surface area contributed by atoms with Crippen LogP contribution in [-0.2, 0) is 14.9 Å². The fourth-order valence-electron chi connectivity index (χ4n) is 1.31. The summed E-state index contributed by atoms with van der Waals surface area (Å²) in [7, 11) is 0. The standard InChI is InChI=1S/C12H16N2O4/c1-5-18-11(15)12(3,4)10-9(14(16)17)7-6-8(2)13-10/h6-7H,5H2,1-4H3/i3D3,4D3. The summed E-state index contributed by atoms with van der Waals surface area (Å²) in [4.78, 5) is 26.5. The van der Waals surface area contributed by atoms with Crippen LogP contribution in [0, 0.1) is 17.0 Å². The van der Waals surface area contributed by atoms with E-state index in [1.807, 2.05) is 0 Å². The Kier molecular flexibility index (Phi) is 2.12. The molecule has 0 radical (unpaired) electrons. The van der Waals surface area contributed by atoms with Crippen LogP contribution in [0.5, 0.6) is 0 Å². The summed E-state index contributed by atoms with van der Waals surface area (Å²) in [6.07, 6.45) is 0. The highest BCUT2D eigenvalue weighted by atomic mass is 16.6. The van der Waals surface area contributed by atoms with Gasteiger partial charge in [0.2, 0.25) is 0 Å². The van der Waals surface area contributed by atoms with E-state index in [1.165, 1.54) is 19.9 Å². The van der Waals surface area contributed by atoms with Crippen molar-refractivity contribution in [3.8, 4) is 0 Å². The molecule has 6 nitrogen and oxygen atoms in total. The van der Waals surface area contributed by atoms with Gasteiger partial charge in [-0.3, -0.25) is 14.9 Å². The summed E-state index contributed by atoms with van der Waals surface area (Å²) in [6, 6.07) is 2.14. The van der Waals surface area contributed by atoms with Gasteiger partial charge in [0.15, 0.2) is 0 Å². The van der Waals surface area contributed by atoms with Crippen LogP contribution in [0.3, 0.4) is 0 Å². The Hall–Kier alpha value is -1.98. The molecule has 18 heavy (non-hydrogen) atoms. The summed E-state index contributed by atoms with van der Waals surface area (Å²) >= 11 is 0. The van der Waals surface area contributed by atoms with Crippen molar-refractivity contribution in [2.75, 3.05) is 6.61 Å². The Bertz CT molecular complexity index is 642.